The van der Waals surface area contributed by atoms with Gasteiger partial charge in [0.2, 0.25) is 5.78 Å². The molecule has 0 aliphatic heterocycles. The van der Waals surface area contributed by atoms with E-state index in [9.17, 15) is 18.8 Å². The lowest BCUT2D eigenvalue weighted by Gasteiger charge is -1.99. The van der Waals surface area contributed by atoms with E-state index >= 15 is 0 Å². The van der Waals surface area contributed by atoms with E-state index in [4.69, 9.17) is 0 Å². The first-order valence-corrected chi connectivity index (χ1v) is 4.43. The Kier molecular flexibility index (Phi) is 3.33. The molecule has 0 aromatic heterocycles. The van der Waals surface area contributed by atoms with Gasteiger partial charge in [0.1, 0.15) is 12.0 Å². The van der Waals surface area contributed by atoms with Gasteiger partial charge in [0.25, 0.3) is 0 Å². The van der Waals surface area contributed by atoms with Crippen molar-refractivity contribution in [1.29, 1.82) is 0 Å². The molecule has 4 nitrogen and oxygen atoms in total. The van der Waals surface area contributed by atoms with Crippen molar-refractivity contribution in [1.82, 2.24) is 0 Å². The number of carbonyl (C=O) groups is 3. The van der Waals surface area contributed by atoms with Gasteiger partial charge < -0.3 is 4.74 Å². The molecule has 0 saturated heterocycles. The first-order valence-electron chi connectivity index (χ1n) is 4.43. The molecule has 1 fully saturated rings. The number of carbonyl (C=O) groups excluding carboxylic acids is 3. The van der Waals surface area contributed by atoms with Crippen molar-refractivity contribution in [2.75, 3.05) is 6.61 Å². The third-order valence-electron chi connectivity index (χ3n) is 1.96. The van der Waals surface area contributed by atoms with Gasteiger partial charge in [0.15, 0.2) is 0 Å². The van der Waals surface area contributed by atoms with Gasteiger partial charge in [0.05, 0.1) is 18.9 Å². The number of hydrogen-bond donors (Lipinski definition) is 0. The van der Waals surface area contributed by atoms with E-state index in [1.807, 2.05) is 0 Å². The quantitative estimate of drug-likeness (QED) is 0.368. The summed E-state index contributed by atoms with van der Waals surface area (Å²) in [5, 5.41) is 0. The molecule has 0 bridgehead atoms. The van der Waals surface area contributed by atoms with E-state index in [1.54, 1.807) is 6.92 Å². The maximum absolute atomic E-state index is 12.4. The number of hydrogen-bond acceptors (Lipinski definition) is 4. The van der Waals surface area contributed by atoms with Crippen molar-refractivity contribution in [3.8, 4) is 0 Å². The Morgan fingerprint density at radius 1 is 1.43 bits per heavy atom. The van der Waals surface area contributed by atoms with Gasteiger partial charge in [-0.15, -0.1) is 0 Å². The number of halogens is 1. The Morgan fingerprint density at radius 3 is 2.43 bits per heavy atom. The predicted molar refractivity (Wildman–Crippen MR) is 44.3 cm³/mol. The summed E-state index contributed by atoms with van der Waals surface area (Å²) in [5.41, 5.74) is 0. The molecule has 0 heterocycles. The van der Waals surface area contributed by atoms with E-state index in [0.717, 1.165) is 0 Å². The molecule has 14 heavy (non-hydrogen) atoms. The monoisotopic (exact) mass is 202 g/mol. The molecule has 1 saturated carbocycles. The molecule has 0 unspecified atom stereocenters. The fourth-order valence-electron chi connectivity index (χ4n) is 1.07. The molecule has 0 radical (unpaired) electrons. The van der Waals surface area contributed by atoms with Crippen LogP contribution in [0.4, 0.5) is 4.39 Å². The van der Waals surface area contributed by atoms with Crippen LogP contribution in [-0.2, 0) is 19.1 Å². The van der Waals surface area contributed by atoms with Gasteiger partial charge in [-0.05, 0) is 13.3 Å². The van der Waals surface area contributed by atoms with Gasteiger partial charge in [-0.25, -0.2) is 9.18 Å². The van der Waals surface area contributed by atoms with Crippen LogP contribution in [-0.4, -0.2) is 30.3 Å². The lowest BCUT2D eigenvalue weighted by Crippen LogP contribution is -2.21. The topological polar surface area (TPSA) is 60.4 Å². The number of ether oxygens (including phenoxy) is 1. The molecule has 0 amide bonds. The minimum Gasteiger partial charge on any atom is -0.460 e. The summed E-state index contributed by atoms with van der Waals surface area (Å²) in [6.07, 6.45) is -1.49. The highest BCUT2D eigenvalue weighted by molar-refractivity contribution is 6.37. The average Bonchev–Trinajstić information content (AvgIpc) is 2.83. The molecule has 1 rings (SSSR count). The van der Waals surface area contributed by atoms with Crippen LogP contribution in [0.1, 0.15) is 19.8 Å². The summed E-state index contributed by atoms with van der Waals surface area (Å²) in [6.45, 7) is 1.65. The number of alkyl halides is 1. The zero-order valence-corrected chi connectivity index (χ0v) is 7.79. The van der Waals surface area contributed by atoms with Gasteiger partial charge in [-0.3, -0.25) is 9.59 Å². The first kappa shape index (κ1) is 10.8. The van der Waals surface area contributed by atoms with Crippen molar-refractivity contribution in [3.63, 3.8) is 0 Å². The second kappa shape index (κ2) is 4.30. The van der Waals surface area contributed by atoms with Crippen molar-refractivity contribution >= 4 is 17.5 Å². The van der Waals surface area contributed by atoms with E-state index in [1.165, 1.54) is 0 Å². The van der Waals surface area contributed by atoms with Crippen molar-refractivity contribution in [3.05, 3.63) is 0 Å². The molecule has 0 spiro atoms. The van der Waals surface area contributed by atoms with Crippen LogP contribution < -0.4 is 0 Å². The SMILES string of the molecule is CCOC(=O)C(=O)CC(=O)[C@@H]1C[C@H]1F. The highest BCUT2D eigenvalue weighted by atomic mass is 19.1. The van der Waals surface area contributed by atoms with Gasteiger partial charge in [0, 0.05) is 0 Å². The van der Waals surface area contributed by atoms with Crippen molar-refractivity contribution < 1.29 is 23.5 Å². The highest BCUT2D eigenvalue weighted by Crippen LogP contribution is 2.35. The molecular weight excluding hydrogens is 191 g/mol. The number of esters is 1. The third-order valence-corrected chi connectivity index (χ3v) is 1.96. The Morgan fingerprint density at radius 2 is 2.00 bits per heavy atom. The van der Waals surface area contributed by atoms with Crippen LogP contribution in [0.2, 0.25) is 0 Å². The van der Waals surface area contributed by atoms with E-state index in [2.05, 4.69) is 4.74 Å². The summed E-state index contributed by atoms with van der Waals surface area (Å²) in [6, 6.07) is 0. The smallest absolute Gasteiger partial charge is 0.375 e. The molecule has 0 aromatic carbocycles. The Labute approximate surface area is 80.4 Å². The molecule has 0 aromatic rings. The molecule has 2 atom stereocenters. The van der Waals surface area contributed by atoms with Crippen molar-refractivity contribution in [2.24, 2.45) is 5.92 Å². The van der Waals surface area contributed by atoms with Gasteiger partial charge in [-0.1, -0.05) is 0 Å². The van der Waals surface area contributed by atoms with Crippen LogP contribution in [0.25, 0.3) is 0 Å². The lowest BCUT2D eigenvalue weighted by atomic mass is 10.1. The third kappa shape index (κ3) is 2.61. The van der Waals surface area contributed by atoms with Crippen LogP contribution in [0.5, 0.6) is 0 Å². The van der Waals surface area contributed by atoms with E-state index < -0.39 is 36.0 Å². The van der Waals surface area contributed by atoms with Gasteiger partial charge >= 0.3 is 5.97 Å². The highest BCUT2D eigenvalue weighted by Gasteiger charge is 2.44. The van der Waals surface area contributed by atoms with Crippen LogP contribution in [0, 0.1) is 5.92 Å². The second-order valence-electron chi connectivity index (χ2n) is 3.14. The molecule has 78 valence electrons. The maximum Gasteiger partial charge on any atom is 0.375 e. The Hall–Kier alpha value is -1.26. The van der Waals surface area contributed by atoms with E-state index in [-0.39, 0.29) is 13.0 Å². The second-order valence-corrected chi connectivity index (χ2v) is 3.14. The van der Waals surface area contributed by atoms with Gasteiger partial charge in [-0.2, -0.15) is 0 Å². The molecule has 1 aliphatic carbocycles. The summed E-state index contributed by atoms with van der Waals surface area (Å²) in [4.78, 5) is 32.8. The Bertz CT molecular complexity index is 274. The normalized spacial score (nSPS) is 24.1. The van der Waals surface area contributed by atoms with Crippen LogP contribution in [0.15, 0.2) is 0 Å². The molecular formula is C9H11FO4. The number of rotatable bonds is 5. The zero-order valence-electron chi connectivity index (χ0n) is 7.79. The summed E-state index contributed by atoms with van der Waals surface area (Å²) in [5.74, 6) is -3.09. The fourth-order valence-corrected chi connectivity index (χ4v) is 1.07. The minimum absolute atomic E-state index is 0.0912. The predicted octanol–water partition coefficient (Wildman–Crippen LogP) is 0.436. The Balaban J connectivity index is 2.33. The lowest BCUT2D eigenvalue weighted by molar-refractivity contribution is -0.154. The molecule has 0 N–H and O–H groups in total. The number of ketones is 2. The van der Waals surface area contributed by atoms with Crippen LogP contribution in [0.3, 0.4) is 0 Å². The van der Waals surface area contributed by atoms with Crippen molar-refractivity contribution in [2.45, 2.75) is 25.9 Å². The average molecular weight is 202 g/mol. The van der Waals surface area contributed by atoms with E-state index in [0.29, 0.717) is 0 Å². The summed E-state index contributed by atoms with van der Waals surface area (Å²) >= 11 is 0. The first-order chi connectivity index (χ1) is 6.56. The number of Topliss-reactive ketones (excluding diaryl/α,β-unsaturated/α-hetero) is 2. The maximum atomic E-state index is 12.4. The summed E-state index contributed by atoms with van der Waals surface area (Å²) < 4.78 is 16.8. The molecule has 5 heteroatoms. The fraction of sp³-hybridized carbons (Fsp3) is 0.667. The van der Waals surface area contributed by atoms with Crippen LogP contribution >= 0.6 is 0 Å². The summed E-state index contributed by atoms with van der Waals surface area (Å²) in [7, 11) is 0. The minimum atomic E-state index is -1.13. The standard InChI is InChI=1S/C9H11FO4/c1-2-14-9(13)8(12)4-7(11)5-3-6(5)10/h5-6H,2-4H2,1H3/t5-,6-/m1/s1. The molecule has 1 aliphatic rings. The largest absolute Gasteiger partial charge is 0.460 e. The zero-order chi connectivity index (χ0) is 10.7.